The van der Waals surface area contributed by atoms with Crippen LogP contribution in [0.25, 0.3) is 5.57 Å². The number of rotatable bonds is 0. The van der Waals surface area contributed by atoms with Crippen LogP contribution in [0.15, 0.2) is 24.3 Å². The molecular weight excluding hydrogens is 169 g/mol. The van der Waals surface area contributed by atoms with Crippen molar-refractivity contribution >= 4 is 5.57 Å². The molecule has 64 valence electrons. The molecule has 1 aliphatic heterocycles. The summed E-state index contributed by atoms with van der Waals surface area (Å²) >= 11 is 0. The van der Waals surface area contributed by atoms with Gasteiger partial charge in [-0.3, -0.25) is 0 Å². The Morgan fingerprint density at radius 1 is 1.46 bits per heavy atom. The van der Waals surface area contributed by atoms with Gasteiger partial charge in [-0.1, -0.05) is 6.07 Å². The second kappa shape index (κ2) is 2.91. The van der Waals surface area contributed by atoms with Crippen molar-refractivity contribution in [2.75, 3.05) is 6.61 Å². The minimum Gasteiger partial charge on any atom is -0.486 e. The van der Waals surface area contributed by atoms with Crippen molar-refractivity contribution in [2.45, 2.75) is 0 Å². The molecule has 0 saturated heterocycles. The molecule has 1 aliphatic rings. The Morgan fingerprint density at radius 3 is 3.08 bits per heavy atom. The minimum atomic E-state index is -0.418. The summed E-state index contributed by atoms with van der Waals surface area (Å²) in [5, 5.41) is 8.73. The highest BCUT2D eigenvalue weighted by Crippen LogP contribution is 2.31. The van der Waals surface area contributed by atoms with Gasteiger partial charge in [-0.2, -0.15) is 5.26 Å². The first-order chi connectivity index (χ1) is 6.33. The Balaban J connectivity index is 2.63. The van der Waals surface area contributed by atoms with E-state index in [1.807, 2.05) is 6.07 Å². The lowest BCUT2D eigenvalue weighted by Crippen LogP contribution is -2.05. The summed E-state index contributed by atoms with van der Waals surface area (Å²) in [6, 6.07) is 6.56. The number of halogens is 1. The van der Waals surface area contributed by atoms with Gasteiger partial charge in [0.05, 0.1) is 11.6 Å². The fourth-order valence-electron chi connectivity index (χ4n) is 1.29. The Labute approximate surface area is 74.9 Å². The van der Waals surface area contributed by atoms with Crippen molar-refractivity contribution in [3.05, 3.63) is 35.7 Å². The molecule has 0 bridgehead atoms. The largest absolute Gasteiger partial charge is 0.486 e. The number of ether oxygens (including phenoxy) is 1. The first-order valence-electron chi connectivity index (χ1n) is 3.85. The highest BCUT2D eigenvalue weighted by molar-refractivity contribution is 5.81. The van der Waals surface area contributed by atoms with Gasteiger partial charge in [0, 0.05) is 5.56 Å². The van der Waals surface area contributed by atoms with Crippen LogP contribution in [0.3, 0.4) is 0 Å². The second-order valence-corrected chi connectivity index (χ2v) is 2.66. The number of hydrogen-bond donors (Lipinski definition) is 0. The van der Waals surface area contributed by atoms with Gasteiger partial charge in [0.15, 0.2) is 11.6 Å². The van der Waals surface area contributed by atoms with Crippen molar-refractivity contribution < 1.29 is 9.13 Å². The van der Waals surface area contributed by atoms with Gasteiger partial charge >= 0.3 is 0 Å². The molecule has 0 atom stereocenters. The van der Waals surface area contributed by atoms with Crippen molar-refractivity contribution in [3.8, 4) is 11.8 Å². The van der Waals surface area contributed by atoms with Crippen LogP contribution in [0.2, 0.25) is 0 Å². The topological polar surface area (TPSA) is 33.0 Å². The summed E-state index contributed by atoms with van der Waals surface area (Å²) in [7, 11) is 0. The van der Waals surface area contributed by atoms with E-state index in [-0.39, 0.29) is 12.4 Å². The molecule has 0 unspecified atom stereocenters. The van der Waals surface area contributed by atoms with E-state index < -0.39 is 5.82 Å². The van der Waals surface area contributed by atoms with Crippen LogP contribution < -0.4 is 4.74 Å². The van der Waals surface area contributed by atoms with E-state index in [2.05, 4.69) is 0 Å². The third-order valence-corrected chi connectivity index (χ3v) is 1.89. The predicted octanol–water partition coefficient (Wildman–Crippen LogP) is 2.13. The van der Waals surface area contributed by atoms with Crippen molar-refractivity contribution in [1.29, 1.82) is 5.26 Å². The lowest BCUT2D eigenvalue weighted by molar-refractivity contribution is 0.336. The quantitative estimate of drug-likeness (QED) is 0.605. The minimum absolute atomic E-state index is 0.182. The Morgan fingerprint density at radius 2 is 2.31 bits per heavy atom. The Bertz CT molecular complexity index is 417. The van der Waals surface area contributed by atoms with E-state index in [1.54, 1.807) is 18.2 Å². The predicted molar refractivity (Wildman–Crippen MR) is 45.5 cm³/mol. The number of para-hydroxylation sites is 1. The summed E-state index contributed by atoms with van der Waals surface area (Å²) < 4.78 is 18.2. The molecule has 0 aliphatic carbocycles. The lowest BCUT2D eigenvalue weighted by atomic mass is 10.0. The third-order valence-electron chi connectivity index (χ3n) is 1.89. The van der Waals surface area contributed by atoms with Crippen LogP contribution in [0.4, 0.5) is 4.39 Å². The van der Waals surface area contributed by atoms with Crippen molar-refractivity contribution in [3.63, 3.8) is 0 Å². The van der Waals surface area contributed by atoms with Gasteiger partial charge in [0.2, 0.25) is 0 Å². The zero-order valence-corrected chi connectivity index (χ0v) is 6.75. The molecule has 0 spiro atoms. The van der Waals surface area contributed by atoms with Gasteiger partial charge < -0.3 is 4.74 Å². The number of allylic oxidation sites excluding steroid dienone is 1. The first kappa shape index (κ1) is 7.81. The van der Waals surface area contributed by atoms with E-state index in [0.717, 1.165) is 0 Å². The highest BCUT2D eigenvalue weighted by Gasteiger charge is 2.16. The standard InChI is InChI=1S/C10H6FNO/c11-9-3-1-2-8-7(6-12)4-5-13-10(8)9/h1-4H,5H2. The first-order valence-corrected chi connectivity index (χ1v) is 3.85. The number of nitrogens with zero attached hydrogens (tertiary/aromatic N) is 1. The maximum absolute atomic E-state index is 13.1. The smallest absolute Gasteiger partial charge is 0.165 e. The van der Waals surface area contributed by atoms with Crippen LogP contribution in [0.5, 0.6) is 5.75 Å². The van der Waals surface area contributed by atoms with E-state index in [0.29, 0.717) is 11.1 Å². The average Bonchev–Trinajstić information content (AvgIpc) is 2.18. The molecule has 0 fully saturated rings. The summed E-state index contributed by atoms with van der Waals surface area (Å²) in [6.45, 7) is 0.261. The molecular formula is C10H6FNO. The van der Waals surface area contributed by atoms with E-state index in [9.17, 15) is 4.39 Å². The monoisotopic (exact) mass is 175 g/mol. The van der Waals surface area contributed by atoms with Gasteiger partial charge in [-0.25, -0.2) is 4.39 Å². The zero-order valence-electron chi connectivity index (χ0n) is 6.75. The van der Waals surface area contributed by atoms with Crippen LogP contribution in [0, 0.1) is 17.1 Å². The molecule has 0 N–H and O–H groups in total. The molecule has 1 aromatic carbocycles. The van der Waals surface area contributed by atoms with Gasteiger partial charge in [0.25, 0.3) is 0 Å². The molecule has 0 radical (unpaired) electrons. The van der Waals surface area contributed by atoms with E-state index in [1.165, 1.54) is 6.07 Å². The summed E-state index contributed by atoms with van der Waals surface area (Å²) in [4.78, 5) is 0. The molecule has 1 heterocycles. The van der Waals surface area contributed by atoms with Crippen LogP contribution in [0.1, 0.15) is 5.56 Å². The SMILES string of the molecule is N#CC1=CCOc2c(F)cccc21. The fraction of sp³-hybridized carbons (Fsp3) is 0.100. The van der Waals surface area contributed by atoms with Crippen molar-refractivity contribution in [2.24, 2.45) is 0 Å². The van der Waals surface area contributed by atoms with Crippen molar-refractivity contribution in [1.82, 2.24) is 0 Å². The maximum atomic E-state index is 13.1. The summed E-state index contributed by atoms with van der Waals surface area (Å²) in [5.41, 5.74) is 1.01. The number of nitriles is 1. The van der Waals surface area contributed by atoms with E-state index in [4.69, 9.17) is 10.00 Å². The highest BCUT2D eigenvalue weighted by atomic mass is 19.1. The molecule has 1 aromatic rings. The Kier molecular flexibility index (Phi) is 1.75. The van der Waals surface area contributed by atoms with Gasteiger partial charge in [0.1, 0.15) is 6.61 Å². The average molecular weight is 175 g/mol. The number of benzene rings is 1. The van der Waals surface area contributed by atoms with Crippen LogP contribution in [-0.2, 0) is 0 Å². The lowest BCUT2D eigenvalue weighted by Gasteiger charge is -2.14. The molecule has 13 heavy (non-hydrogen) atoms. The van der Waals surface area contributed by atoms with Crippen LogP contribution >= 0.6 is 0 Å². The van der Waals surface area contributed by atoms with Gasteiger partial charge in [-0.05, 0) is 18.2 Å². The molecule has 0 aromatic heterocycles. The number of fused-ring (bicyclic) bond motifs is 1. The molecule has 0 saturated carbocycles. The maximum Gasteiger partial charge on any atom is 0.165 e. The fourth-order valence-corrected chi connectivity index (χ4v) is 1.29. The normalized spacial score (nSPS) is 13.7. The number of hydrogen-bond acceptors (Lipinski definition) is 2. The zero-order chi connectivity index (χ0) is 9.26. The summed E-state index contributed by atoms with van der Waals surface area (Å²) in [5.74, 6) is -0.236. The molecule has 3 heteroatoms. The molecule has 0 amide bonds. The van der Waals surface area contributed by atoms with E-state index >= 15 is 0 Å². The second-order valence-electron chi connectivity index (χ2n) is 2.66. The third kappa shape index (κ3) is 1.17. The molecule has 2 nitrogen and oxygen atoms in total. The van der Waals surface area contributed by atoms with Gasteiger partial charge in [-0.15, -0.1) is 0 Å². The summed E-state index contributed by atoms with van der Waals surface area (Å²) in [6.07, 6.45) is 1.64. The van der Waals surface area contributed by atoms with Crippen LogP contribution in [-0.4, -0.2) is 6.61 Å². The molecule has 2 rings (SSSR count). The Hall–Kier alpha value is -1.82.